The van der Waals surface area contributed by atoms with Crippen LogP contribution >= 0.6 is 0 Å². The Labute approximate surface area is 146 Å². The molecule has 28 heavy (non-hydrogen) atoms. The highest BCUT2D eigenvalue weighted by Gasteiger charge is 2.71. The lowest BCUT2D eigenvalue weighted by Gasteiger charge is -2.33. The van der Waals surface area contributed by atoms with E-state index >= 15 is 0 Å². The van der Waals surface area contributed by atoms with Crippen molar-refractivity contribution in [2.24, 2.45) is 0 Å². The van der Waals surface area contributed by atoms with Crippen LogP contribution in [0.1, 0.15) is 11.4 Å². The topological polar surface area (TPSA) is 66.2 Å². The van der Waals surface area contributed by atoms with Crippen LogP contribution in [-0.2, 0) is 12.8 Å². The third kappa shape index (κ3) is 4.42. The van der Waals surface area contributed by atoms with Crippen LogP contribution in [0.25, 0.3) is 0 Å². The fourth-order valence-electron chi connectivity index (χ4n) is 1.88. The Morgan fingerprint density at radius 1 is 0.571 bits per heavy atom. The molecular formula is C12H8F12N2O2. The molecule has 162 valence electrons. The van der Waals surface area contributed by atoms with Gasteiger partial charge in [-0.2, -0.15) is 52.7 Å². The summed E-state index contributed by atoms with van der Waals surface area (Å²) in [5, 5.41) is 18.0. The summed E-state index contributed by atoms with van der Waals surface area (Å²) >= 11 is 0. The van der Waals surface area contributed by atoms with Crippen LogP contribution in [-0.4, -0.2) is 56.1 Å². The number of halogens is 12. The molecule has 0 amide bonds. The minimum Gasteiger partial charge on any atom is -0.373 e. The molecule has 0 saturated carbocycles. The van der Waals surface area contributed by atoms with Crippen molar-refractivity contribution >= 4 is 0 Å². The lowest BCUT2D eigenvalue weighted by molar-refractivity contribution is -0.367. The van der Waals surface area contributed by atoms with Crippen molar-refractivity contribution in [3.63, 3.8) is 0 Å². The zero-order valence-corrected chi connectivity index (χ0v) is 12.9. The van der Waals surface area contributed by atoms with E-state index in [0.29, 0.717) is 0 Å². The van der Waals surface area contributed by atoms with Crippen molar-refractivity contribution in [3.05, 3.63) is 23.8 Å². The van der Waals surface area contributed by atoms with E-state index in [1.54, 1.807) is 0 Å². The third-order valence-electron chi connectivity index (χ3n) is 3.53. The Bertz CT molecular complexity index is 608. The van der Waals surface area contributed by atoms with Gasteiger partial charge < -0.3 is 10.2 Å². The first-order chi connectivity index (χ1) is 12.2. The van der Waals surface area contributed by atoms with Gasteiger partial charge in [-0.3, -0.25) is 0 Å². The number of aliphatic hydroxyl groups is 2. The molecule has 0 aliphatic rings. The van der Waals surface area contributed by atoms with E-state index in [1.807, 2.05) is 0 Å². The average Bonchev–Trinajstić information content (AvgIpc) is 2.42. The van der Waals surface area contributed by atoms with Gasteiger partial charge in [0.15, 0.2) is 0 Å². The van der Waals surface area contributed by atoms with E-state index in [0.717, 1.165) is 0 Å². The summed E-state index contributed by atoms with van der Waals surface area (Å²) in [4.78, 5) is 5.78. The van der Waals surface area contributed by atoms with Crippen molar-refractivity contribution in [1.29, 1.82) is 0 Å². The number of hydrogen-bond acceptors (Lipinski definition) is 4. The molecule has 16 heteroatoms. The predicted octanol–water partition coefficient (Wildman–Crippen LogP) is 3.27. The lowest BCUT2D eigenvalue weighted by Crippen LogP contribution is -2.58. The van der Waals surface area contributed by atoms with Crippen LogP contribution < -0.4 is 0 Å². The molecule has 0 spiro atoms. The maximum Gasteiger partial charge on any atom is 0.426 e. The average molecular weight is 440 g/mol. The van der Waals surface area contributed by atoms with Gasteiger partial charge >= 0.3 is 24.7 Å². The maximum absolute atomic E-state index is 12.6. The Hall–Kier alpha value is -1.84. The molecule has 1 aromatic rings. The molecular weight excluding hydrogens is 432 g/mol. The van der Waals surface area contributed by atoms with Gasteiger partial charge in [0.2, 0.25) is 0 Å². The number of nitrogens with zero attached hydrogens (tertiary/aromatic N) is 2. The van der Waals surface area contributed by atoms with E-state index in [2.05, 4.69) is 9.97 Å². The Kier molecular flexibility index (Phi) is 5.96. The molecule has 1 aromatic heterocycles. The first-order valence-electron chi connectivity index (χ1n) is 6.67. The van der Waals surface area contributed by atoms with Gasteiger partial charge in [0, 0.05) is 24.2 Å². The van der Waals surface area contributed by atoms with E-state index in [4.69, 9.17) is 10.2 Å². The second-order valence-corrected chi connectivity index (χ2v) is 5.57. The van der Waals surface area contributed by atoms with Gasteiger partial charge in [0.1, 0.15) is 6.33 Å². The van der Waals surface area contributed by atoms with E-state index < -0.39 is 60.1 Å². The van der Waals surface area contributed by atoms with E-state index in [-0.39, 0.29) is 12.4 Å². The molecule has 4 nitrogen and oxygen atoms in total. The molecule has 2 N–H and O–H groups in total. The summed E-state index contributed by atoms with van der Waals surface area (Å²) in [6.07, 6.45) is -29.8. The summed E-state index contributed by atoms with van der Waals surface area (Å²) in [6.45, 7) is 0. The Balaban J connectivity index is 3.33. The van der Waals surface area contributed by atoms with Gasteiger partial charge in [-0.25, -0.2) is 9.97 Å². The van der Waals surface area contributed by atoms with Crippen LogP contribution in [0.2, 0.25) is 0 Å². The number of aromatic nitrogens is 2. The van der Waals surface area contributed by atoms with Gasteiger partial charge in [-0.05, 0) is 6.07 Å². The first-order valence-corrected chi connectivity index (χ1v) is 6.67. The molecule has 0 aliphatic heterocycles. The van der Waals surface area contributed by atoms with Crippen molar-refractivity contribution in [1.82, 2.24) is 9.97 Å². The molecule has 0 saturated heterocycles. The second-order valence-electron chi connectivity index (χ2n) is 5.57. The highest BCUT2D eigenvalue weighted by molar-refractivity contribution is 5.16. The largest absolute Gasteiger partial charge is 0.426 e. The molecule has 0 aliphatic carbocycles. The number of alkyl halides is 12. The Morgan fingerprint density at radius 3 is 1.04 bits per heavy atom. The van der Waals surface area contributed by atoms with E-state index in [9.17, 15) is 52.7 Å². The summed E-state index contributed by atoms with van der Waals surface area (Å²) in [6, 6.07) is -0.0507. The van der Waals surface area contributed by atoms with E-state index in [1.165, 1.54) is 0 Å². The first kappa shape index (κ1) is 24.2. The smallest absolute Gasteiger partial charge is 0.373 e. The molecule has 0 fully saturated rings. The van der Waals surface area contributed by atoms with Crippen molar-refractivity contribution in [2.75, 3.05) is 0 Å². The molecule has 1 heterocycles. The molecule has 0 aromatic carbocycles. The molecule has 0 radical (unpaired) electrons. The minimum absolute atomic E-state index is 0.0507. The summed E-state index contributed by atoms with van der Waals surface area (Å²) in [5.74, 6) is 0. The minimum atomic E-state index is -6.30. The predicted molar refractivity (Wildman–Crippen MR) is 63.6 cm³/mol. The summed E-state index contributed by atoms with van der Waals surface area (Å²) < 4.78 is 151. The summed E-state index contributed by atoms with van der Waals surface area (Å²) in [5.41, 5.74) is -13.5. The fourth-order valence-corrected chi connectivity index (χ4v) is 1.88. The highest BCUT2D eigenvalue weighted by Crippen LogP contribution is 2.46. The highest BCUT2D eigenvalue weighted by atomic mass is 19.4. The number of rotatable bonds is 4. The molecule has 0 atom stereocenters. The van der Waals surface area contributed by atoms with Gasteiger partial charge in [-0.15, -0.1) is 0 Å². The van der Waals surface area contributed by atoms with Crippen LogP contribution in [0.5, 0.6) is 0 Å². The van der Waals surface area contributed by atoms with Crippen molar-refractivity contribution in [3.8, 4) is 0 Å². The summed E-state index contributed by atoms with van der Waals surface area (Å²) in [7, 11) is 0. The number of hydrogen-bond donors (Lipinski definition) is 2. The van der Waals surface area contributed by atoms with Crippen molar-refractivity contribution < 1.29 is 62.9 Å². The zero-order valence-electron chi connectivity index (χ0n) is 12.9. The Morgan fingerprint density at radius 2 is 0.821 bits per heavy atom. The van der Waals surface area contributed by atoms with Crippen molar-refractivity contribution in [2.45, 2.75) is 48.7 Å². The zero-order chi connectivity index (χ0) is 22.4. The second kappa shape index (κ2) is 6.89. The monoisotopic (exact) mass is 440 g/mol. The van der Waals surface area contributed by atoms with Gasteiger partial charge in [0.25, 0.3) is 11.2 Å². The third-order valence-corrected chi connectivity index (χ3v) is 3.53. The van der Waals surface area contributed by atoms with Crippen LogP contribution in [0.15, 0.2) is 12.4 Å². The fraction of sp³-hybridized carbons (Fsp3) is 0.667. The quantitative estimate of drug-likeness (QED) is 0.706. The van der Waals surface area contributed by atoms with Crippen LogP contribution in [0.3, 0.4) is 0 Å². The molecule has 1 rings (SSSR count). The maximum atomic E-state index is 12.6. The normalized spacial score (nSPS) is 15.1. The standard InChI is InChI=1S/C12H8F12N2O2/c13-9(14,15)7(27,10(16,17)18)2-5-1-6(26-4-25-5)3-8(28,11(19,20)21)12(22,23)24/h1,4,27-28H,2-3H2. The molecule has 0 bridgehead atoms. The van der Waals surface area contributed by atoms with Gasteiger partial charge in [-0.1, -0.05) is 0 Å². The SMILES string of the molecule is OC(Cc1cc(CC(O)(C(F)(F)F)C(F)(F)F)ncn1)(C(F)(F)F)C(F)(F)F. The van der Waals surface area contributed by atoms with Crippen LogP contribution in [0, 0.1) is 0 Å². The van der Waals surface area contributed by atoms with Crippen LogP contribution in [0.4, 0.5) is 52.7 Å². The van der Waals surface area contributed by atoms with Gasteiger partial charge in [0.05, 0.1) is 0 Å². The lowest BCUT2D eigenvalue weighted by atomic mass is 9.93. The molecule has 0 unspecified atom stereocenters.